The fourth-order valence-electron chi connectivity index (χ4n) is 2.17. The zero-order valence-corrected chi connectivity index (χ0v) is 13.5. The van der Waals surface area contributed by atoms with Crippen molar-refractivity contribution < 1.29 is 4.39 Å². The Balaban J connectivity index is 2.27. The normalized spacial score (nSPS) is 12.4. The van der Waals surface area contributed by atoms with Gasteiger partial charge in [-0.25, -0.2) is 4.39 Å². The van der Waals surface area contributed by atoms with Crippen LogP contribution in [0, 0.1) is 5.82 Å². The van der Waals surface area contributed by atoms with Crippen molar-refractivity contribution in [3.8, 4) is 0 Å². The molecule has 0 saturated heterocycles. The van der Waals surface area contributed by atoms with E-state index in [4.69, 9.17) is 11.6 Å². The fourth-order valence-corrected chi connectivity index (χ4v) is 2.60. The van der Waals surface area contributed by atoms with E-state index in [-0.39, 0.29) is 11.9 Å². The lowest BCUT2D eigenvalue weighted by atomic mass is 9.98. The van der Waals surface area contributed by atoms with Crippen molar-refractivity contribution in [3.63, 3.8) is 0 Å². The van der Waals surface area contributed by atoms with Crippen molar-refractivity contribution >= 4 is 27.5 Å². The van der Waals surface area contributed by atoms with Gasteiger partial charge >= 0.3 is 0 Å². The van der Waals surface area contributed by atoms with E-state index in [2.05, 4.69) is 21.2 Å². The summed E-state index contributed by atoms with van der Waals surface area (Å²) in [4.78, 5) is 0. The molecule has 0 aliphatic heterocycles. The Bertz CT molecular complexity index is 588. The highest BCUT2D eigenvalue weighted by Gasteiger charge is 2.14. The maximum absolute atomic E-state index is 13.8. The molecular weight excluding hydrogens is 341 g/mol. The lowest BCUT2D eigenvalue weighted by Crippen LogP contribution is -2.23. The molecule has 1 N–H and O–H groups in total. The third-order valence-corrected chi connectivity index (χ3v) is 4.41. The SMILES string of the molecule is CCNC(Cc1ccccc1F)c1ccc(Br)c(Cl)c1. The molecule has 0 aliphatic rings. The number of rotatable bonds is 5. The van der Waals surface area contributed by atoms with E-state index in [0.717, 1.165) is 16.6 Å². The molecule has 0 spiro atoms. The number of benzene rings is 2. The highest BCUT2D eigenvalue weighted by molar-refractivity contribution is 9.10. The summed E-state index contributed by atoms with van der Waals surface area (Å²) in [6.07, 6.45) is 0.596. The monoisotopic (exact) mass is 355 g/mol. The average Bonchev–Trinajstić information content (AvgIpc) is 2.44. The van der Waals surface area contributed by atoms with Gasteiger partial charge in [-0.2, -0.15) is 0 Å². The molecule has 0 saturated carbocycles. The summed E-state index contributed by atoms with van der Waals surface area (Å²) in [7, 11) is 0. The Hall–Kier alpha value is -0.900. The maximum Gasteiger partial charge on any atom is 0.126 e. The zero-order chi connectivity index (χ0) is 14.5. The predicted octanol–water partition coefficient (Wildman–Crippen LogP) is 5.13. The lowest BCUT2D eigenvalue weighted by molar-refractivity contribution is 0.528. The van der Waals surface area contributed by atoms with Crippen molar-refractivity contribution in [1.29, 1.82) is 0 Å². The van der Waals surface area contributed by atoms with E-state index in [1.54, 1.807) is 6.07 Å². The lowest BCUT2D eigenvalue weighted by Gasteiger charge is -2.19. The predicted molar refractivity (Wildman–Crippen MR) is 85.7 cm³/mol. The van der Waals surface area contributed by atoms with Crippen LogP contribution in [0.25, 0.3) is 0 Å². The summed E-state index contributed by atoms with van der Waals surface area (Å²) in [5.74, 6) is -0.168. The minimum Gasteiger partial charge on any atom is -0.310 e. The first kappa shape index (κ1) is 15.5. The van der Waals surface area contributed by atoms with Crippen LogP contribution in [0.2, 0.25) is 5.02 Å². The van der Waals surface area contributed by atoms with Gasteiger partial charge in [-0.05, 0) is 58.2 Å². The van der Waals surface area contributed by atoms with E-state index in [1.807, 2.05) is 37.3 Å². The Morgan fingerprint density at radius 2 is 2.00 bits per heavy atom. The molecule has 2 aromatic rings. The second-order valence-corrected chi connectivity index (χ2v) is 5.84. The van der Waals surface area contributed by atoms with Crippen LogP contribution in [0.15, 0.2) is 46.9 Å². The molecule has 0 heterocycles. The summed E-state index contributed by atoms with van der Waals surface area (Å²) in [6.45, 7) is 2.85. The Kier molecular flexibility index (Phi) is 5.58. The Labute approximate surface area is 132 Å². The summed E-state index contributed by atoms with van der Waals surface area (Å²) in [5, 5.41) is 4.05. The van der Waals surface area contributed by atoms with Gasteiger partial charge in [0.25, 0.3) is 0 Å². The van der Waals surface area contributed by atoms with E-state index in [9.17, 15) is 4.39 Å². The molecule has 1 atom stereocenters. The first-order valence-electron chi connectivity index (χ1n) is 6.53. The quantitative estimate of drug-likeness (QED) is 0.782. The standard InChI is InChI=1S/C16H16BrClFN/c1-2-20-16(10-11-5-3-4-6-15(11)19)12-7-8-13(17)14(18)9-12/h3-9,16,20H,2,10H2,1H3. The highest BCUT2D eigenvalue weighted by atomic mass is 79.9. The molecule has 0 bridgehead atoms. The number of likely N-dealkylation sites (N-methyl/N-ethyl adjacent to an activating group) is 1. The van der Waals surface area contributed by atoms with Crippen molar-refractivity contribution in [1.82, 2.24) is 5.32 Å². The molecule has 0 fully saturated rings. The van der Waals surface area contributed by atoms with Crippen LogP contribution in [-0.2, 0) is 6.42 Å². The van der Waals surface area contributed by atoms with Crippen molar-refractivity contribution in [3.05, 3.63) is 68.9 Å². The summed E-state index contributed by atoms with van der Waals surface area (Å²) < 4.78 is 14.7. The van der Waals surface area contributed by atoms with E-state index >= 15 is 0 Å². The maximum atomic E-state index is 13.8. The second-order valence-electron chi connectivity index (χ2n) is 4.58. The van der Waals surface area contributed by atoms with Gasteiger partial charge in [-0.3, -0.25) is 0 Å². The third-order valence-electron chi connectivity index (χ3n) is 3.18. The molecule has 0 aliphatic carbocycles. The molecular formula is C16H16BrClFN. The molecule has 0 aromatic heterocycles. The van der Waals surface area contributed by atoms with E-state index in [0.29, 0.717) is 17.0 Å². The summed E-state index contributed by atoms with van der Waals surface area (Å²) >= 11 is 9.53. The first-order chi connectivity index (χ1) is 9.61. The smallest absolute Gasteiger partial charge is 0.126 e. The minimum atomic E-state index is -0.168. The Morgan fingerprint density at radius 3 is 2.65 bits per heavy atom. The van der Waals surface area contributed by atoms with Crippen LogP contribution < -0.4 is 5.32 Å². The highest BCUT2D eigenvalue weighted by Crippen LogP contribution is 2.28. The van der Waals surface area contributed by atoms with Crippen LogP contribution in [0.1, 0.15) is 24.1 Å². The van der Waals surface area contributed by atoms with Crippen LogP contribution in [0.3, 0.4) is 0 Å². The molecule has 106 valence electrons. The topological polar surface area (TPSA) is 12.0 Å². The van der Waals surface area contributed by atoms with Crippen LogP contribution in [0.4, 0.5) is 4.39 Å². The fraction of sp³-hybridized carbons (Fsp3) is 0.250. The zero-order valence-electron chi connectivity index (χ0n) is 11.2. The van der Waals surface area contributed by atoms with E-state index in [1.165, 1.54) is 6.07 Å². The van der Waals surface area contributed by atoms with Gasteiger partial charge in [-0.1, -0.05) is 42.8 Å². The minimum absolute atomic E-state index is 0.0440. The summed E-state index contributed by atoms with van der Waals surface area (Å²) in [6, 6.07) is 12.8. The van der Waals surface area contributed by atoms with Gasteiger partial charge in [0.2, 0.25) is 0 Å². The van der Waals surface area contributed by atoms with Gasteiger partial charge in [0.1, 0.15) is 5.82 Å². The number of hydrogen-bond acceptors (Lipinski definition) is 1. The molecule has 1 unspecified atom stereocenters. The first-order valence-corrected chi connectivity index (χ1v) is 7.70. The molecule has 2 rings (SSSR count). The van der Waals surface area contributed by atoms with E-state index < -0.39 is 0 Å². The largest absolute Gasteiger partial charge is 0.310 e. The Morgan fingerprint density at radius 1 is 1.25 bits per heavy atom. The van der Waals surface area contributed by atoms with Gasteiger partial charge in [0, 0.05) is 10.5 Å². The van der Waals surface area contributed by atoms with Crippen molar-refractivity contribution in [2.75, 3.05) is 6.54 Å². The molecule has 2 aromatic carbocycles. The van der Waals surface area contributed by atoms with Gasteiger partial charge in [-0.15, -0.1) is 0 Å². The molecule has 20 heavy (non-hydrogen) atoms. The van der Waals surface area contributed by atoms with Crippen molar-refractivity contribution in [2.45, 2.75) is 19.4 Å². The molecule has 0 amide bonds. The molecule has 1 nitrogen and oxygen atoms in total. The number of halogens is 3. The van der Waals surface area contributed by atoms with Crippen LogP contribution in [0.5, 0.6) is 0 Å². The van der Waals surface area contributed by atoms with Crippen molar-refractivity contribution in [2.24, 2.45) is 0 Å². The number of hydrogen-bond donors (Lipinski definition) is 1. The summed E-state index contributed by atoms with van der Waals surface area (Å²) in [5.41, 5.74) is 1.76. The number of nitrogens with one attached hydrogen (secondary N) is 1. The van der Waals surface area contributed by atoms with Gasteiger partial charge < -0.3 is 5.32 Å². The van der Waals surface area contributed by atoms with Gasteiger partial charge in [0.05, 0.1) is 5.02 Å². The average molecular weight is 357 g/mol. The second kappa shape index (κ2) is 7.21. The molecule has 0 radical (unpaired) electrons. The van der Waals surface area contributed by atoms with Crippen LogP contribution in [-0.4, -0.2) is 6.54 Å². The molecule has 4 heteroatoms. The van der Waals surface area contributed by atoms with Crippen LogP contribution >= 0.6 is 27.5 Å². The van der Waals surface area contributed by atoms with Gasteiger partial charge in [0.15, 0.2) is 0 Å². The third kappa shape index (κ3) is 3.81.